The van der Waals surface area contributed by atoms with E-state index in [0.717, 1.165) is 96.0 Å². The van der Waals surface area contributed by atoms with E-state index in [-0.39, 0.29) is 0 Å². The number of fused-ring (bicyclic) bond motifs is 2. The van der Waals surface area contributed by atoms with Crippen molar-refractivity contribution in [1.29, 1.82) is 0 Å². The molecule has 1 aliphatic heterocycles. The van der Waals surface area contributed by atoms with Gasteiger partial charge in [0, 0.05) is 49.8 Å². The number of likely N-dealkylation sites (N-methyl/N-ethyl adjacent to an activating group) is 1. The van der Waals surface area contributed by atoms with Gasteiger partial charge in [0.1, 0.15) is 11.0 Å². The second kappa shape index (κ2) is 10.2. The summed E-state index contributed by atoms with van der Waals surface area (Å²) in [5.41, 5.74) is 7.68. The molecule has 38 heavy (non-hydrogen) atoms. The molecule has 0 atom stereocenters. The molecule has 0 spiro atoms. The lowest BCUT2D eigenvalue weighted by Crippen LogP contribution is -2.44. The first-order valence-corrected chi connectivity index (χ1v) is 13.1. The normalized spacial score (nSPS) is 14.4. The topological polar surface area (TPSA) is 115 Å². The highest BCUT2D eigenvalue weighted by atomic mass is 15.3. The van der Waals surface area contributed by atoms with Gasteiger partial charge in [-0.25, -0.2) is 15.0 Å². The van der Waals surface area contributed by atoms with E-state index >= 15 is 0 Å². The van der Waals surface area contributed by atoms with Gasteiger partial charge in [0.15, 0.2) is 17.3 Å². The molecule has 0 aliphatic carbocycles. The van der Waals surface area contributed by atoms with Crippen LogP contribution in [0.25, 0.3) is 44.8 Å². The average molecular weight is 509 g/mol. The molecule has 6 rings (SSSR count). The van der Waals surface area contributed by atoms with Gasteiger partial charge in [-0.05, 0) is 44.2 Å². The SMILES string of the molecule is C=C(CCCC)Nc1cncc(-c2ccc3[nH]nc(-c4nc5c(N6CCN(C)CC6)nccc5[nH]4)c3n2)c1. The van der Waals surface area contributed by atoms with Crippen LogP contribution in [0.2, 0.25) is 0 Å². The van der Waals surface area contributed by atoms with E-state index in [1.54, 1.807) is 0 Å². The minimum atomic E-state index is 0.667. The first-order chi connectivity index (χ1) is 18.6. The van der Waals surface area contributed by atoms with Crippen molar-refractivity contribution in [3.63, 3.8) is 0 Å². The number of imidazole rings is 1. The Bertz CT molecular complexity index is 1590. The smallest absolute Gasteiger partial charge is 0.161 e. The molecule has 0 aromatic carbocycles. The van der Waals surface area contributed by atoms with Crippen molar-refractivity contribution in [2.75, 3.05) is 43.4 Å². The van der Waals surface area contributed by atoms with Crippen LogP contribution in [0, 0.1) is 0 Å². The summed E-state index contributed by atoms with van der Waals surface area (Å²) in [5.74, 6) is 1.57. The zero-order chi connectivity index (χ0) is 26.1. The number of nitrogens with zero attached hydrogens (tertiary/aromatic N) is 7. The van der Waals surface area contributed by atoms with Crippen LogP contribution in [0.5, 0.6) is 0 Å². The molecule has 10 nitrogen and oxygen atoms in total. The summed E-state index contributed by atoms with van der Waals surface area (Å²) in [7, 11) is 2.15. The van der Waals surface area contributed by atoms with Crippen LogP contribution >= 0.6 is 0 Å². The quantitative estimate of drug-likeness (QED) is 0.273. The maximum absolute atomic E-state index is 4.97. The molecule has 0 radical (unpaired) electrons. The Morgan fingerprint density at radius 2 is 1.92 bits per heavy atom. The number of allylic oxidation sites excluding steroid dienone is 1. The molecule has 10 heteroatoms. The summed E-state index contributed by atoms with van der Waals surface area (Å²) in [4.78, 5) is 27.1. The molecule has 0 amide bonds. The van der Waals surface area contributed by atoms with E-state index in [9.17, 15) is 0 Å². The maximum atomic E-state index is 4.97. The molecule has 0 unspecified atom stereocenters. The van der Waals surface area contributed by atoms with Gasteiger partial charge in [0.25, 0.3) is 0 Å². The minimum Gasteiger partial charge on any atom is -0.358 e. The van der Waals surface area contributed by atoms with Crippen molar-refractivity contribution in [3.8, 4) is 22.8 Å². The second-order valence-corrected chi connectivity index (χ2v) is 9.87. The zero-order valence-electron chi connectivity index (χ0n) is 21.8. The summed E-state index contributed by atoms with van der Waals surface area (Å²) in [6.07, 6.45) is 8.64. The van der Waals surface area contributed by atoms with E-state index in [1.807, 2.05) is 42.9 Å². The fourth-order valence-electron chi connectivity index (χ4n) is 4.81. The van der Waals surface area contributed by atoms with E-state index < -0.39 is 0 Å². The fourth-order valence-corrected chi connectivity index (χ4v) is 4.81. The highest BCUT2D eigenvalue weighted by Crippen LogP contribution is 2.31. The number of pyridine rings is 3. The molecular weight excluding hydrogens is 476 g/mol. The third-order valence-electron chi connectivity index (χ3n) is 7.00. The van der Waals surface area contributed by atoms with Gasteiger partial charge in [-0.3, -0.25) is 10.1 Å². The van der Waals surface area contributed by atoms with Gasteiger partial charge in [-0.1, -0.05) is 19.9 Å². The Morgan fingerprint density at radius 3 is 2.76 bits per heavy atom. The largest absolute Gasteiger partial charge is 0.358 e. The minimum absolute atomic E-state index is 0.667. The lowest BCUT2D eigenvalue weighted by Gasteiger charge is -2.33. The van der Waals surface area contributed by atoms with E-state index in [0.29, 0.717) is 11.5 Å². The molecule has 1 aliphatic rings. The Hall–Kier alpha value is -4.31. The standard InChI is InChI=1S/C28H32N10/c1-4-5-6-18(2)31-20-15-19(16-29-17-20)21-7-8-23-24(32-21)26(36-35-23)27-33-22-9-10-30-28(25(22)34-27)38-13-11-37(3)12-14-38/h7-10,15-17,31H,2,4-6,11-14H2,1,3H3,(H,33,34)(H,35,36). The number of hydrogen-bond donors (Lipinski definition) is 3. The van der Waals surface area contributed by atoms with Crippen LogP contribution in [0.15, 0.2) is 55.1 Å². The number of unbranched alkanes of at least 4 members (excludes halogenated alkanes) is 1. The number of hydrogen-bond acceptors (Lipinski definition) is 8. The first kappa shape index (κ1) is 24.1. The number of anilines is 2. The van der Waals surface area contributed by atoms with Crippen LogP contribution < -0.4 is 10.2 Å². The van der Waals surface area contributed by atoms with Crippen molar-refractivity contribution < 1.29 is 0 Å². The van der Waals surface area contributed by atoms with Crippen molar-refractivity contribution in [2.45, 2.75) is 26.2 Å². The van der Waals surface area contributed by atoms with Gasteiger partial charge in [-0.15, -0.1) is 0 Å². The van der Waals surface area contributed by atoms with Crippen LogP contribution in [-0.4, -0.2) is 73.2 Å². The van der Waals surface area contributed by atoms with Gasteiger partial charge >= 0.3 is 0 Å². The highest BCUT2D eigenvalue weighted by molar-refractivity contribution is 5.94. The summed E-state index contributed by atoms with van der Waals surface area (Å²) in [6.45, 7) is 10.2. The second-order valence-electron chi connectivity index (χ2n) is 9.87. The van der Waals surface area contributed by atoms with E-state index in [4.69, 9.17) is 9.97 Å². The predicted octanol–water partition coefficient (Wildman–Crippen LogP) is 4.83. The number of H-pyrrole nitrogens is 2. The number of nitrogens with one attached hydrogen (secondary N) is 3. The maximum Gasteiger partial charge on any atom is 0.161 e. The molecule has 6 heterocycles. The Balaban J connectivity index is 1.33. The molecule has 194 valence electrons. The van der Waals surface area contributed by atoms with Crippen molar-refractivity contribution in [2.24, 2.45) is 0 Å². The molecule has 0 saturated carbocycles. The van der Waals surface area contributed by atoms with Gasteiger partial charge in [0.05, 0.1) is 28.6 Å². The molecular formula is C28H32N10. The first-order valence-electron chi connectivity index (χ1n) is 13.1. The highest BCUT2D eigenvalue weighted by Gasteiger charge is 2.21. The van der Waals surface area contributed by atoms with Crippen molar-refractivity contribution in [3.05, 3.63) is 55.1 Å². The number of aromatic amines is 2. The van der Waals surface area contributed by atoms with Crippen LogP contribution in [0.3, 0.4) is 0 Å². The van der Waals surface area contributed by atoms with Gasteiger partial charge < -0.3 is 20.1 Å². The summed E-state index contributed by atoms with van der Waals surface area (Å²) < 4.78 is 0. The molecule has 1 saturated heterocycles. The molecule has 3 N–H and O–H groups in total. The third kappa shape index (κ3) is 4.70. The van der Waals surface area contributed by atoms with E-state index in [2.05, 4.69) is 60.8 Å². The van der Waals surface area contributed by atoms with Gasteiger partial charge in [0.2, 0.25) is 0 Å². The van der Waals surface area contributed by atoms with Crippen molar-refractivity contribution >= 4 is 33.6 Å². The molecule has 5 aromatic rings. The van der Waals surface area contributed by atoms with Crippen LogP contribution in [0.4, 0.5) is 11.5 Å². The Morgan fingerprint density at radius 1 is 1.05 bits per heavy atom. The molecule has 0 bridgehead atoms. The monoisotopic (exact) mass is 508 g/mol. The van der Waals surface area contributed by atoms with E-state index in [1.165, 1.54) is 0 Å². The lowest BCUT2D eigenvalue weighted by atomic mass is 10.1. The molecule has 5 aromatic heterocycles. The third-order valence-corrected chi connectivity index (χ3v) is 7.00. The summed E-state index contributed by atoms with van der Waals surface area (Å²) in [5, 5.41) is 11.1. The Labute approximate surface area is 221 Å². The average Bonchev–Trinajstić information content (AvgIpc) is 3.56. The molecule has 1 fully saturated rings. The Kier molecular flexibility index (Phi) is 6.47. The van der Waals surface area contributed by atoms with Crippen LogP contribution in [-0.2, 0) is 0 Å². The van der Waals surface area contributed by atoms with Crippen molar-refractivity contribution in [1.82, 2.24) is 40.0 Å². The van der Waals surface area contributed by atoms with Crippen LogP contribution in [0.1, 0.15) is 26.2 Å². The fraction of sp³-hybridized carbons (Fsp3) is 0.321. The number of piperazine rings is 1. The number of aromatic nitrogens is 7. The zero-order valence-corrected chi connectivity index (χ0v) is 21.8. The van der Waals surface area contributed by atoms with Gasteiger partial charge in [-0.2, -0.15) is 5.10 Å². The lowest BCUT2D eigenvalue weighted by molar-refractivity contribution is 0.312. The number of rotatable bonds is 8. The summed E-state index contributed by atoms with van der Waals surface area (Å²) >= 11 is 0. The summed E-state index contributed by atoms with van der Waals surface area (Å²) in [6, 6.07) is 7.98. The predicted molar refractivity (Wildman–Crippen MR) is 152 cm³/mol.